The number of fused-ring (bicyclic) bond motifs is 1. The molecule has 3 heteroatoms. The van der Waals surface area contributed by atoms with Crippen molar-refractivity contribution in [3.63, 3.8) is 0 Å². The SMILES string of the molecule is CC1CN2C(=NCCC2C)N1. The zero-order valence-corrected chi connectivity index (χ0v) is 7.17. The molecule has 0 saturated carbocycles. The van der Waals surface area contributed by atoms with Crippen LogP contribution in [0.3, 0.4) is 0 Å². The Labute approximate surface area is 67.5 Å². The molecule has 0 amide bonds. The van der Waals surface area contributed by atoms with Crippen molar-refractivity contribution >= 4 is 5.96 Å². The fraction of sp³-hybridized carbons (Fsp3) is 0.875. The van der Waals surface area contributed by atoms with Crippen molar-refractivity contribution in [2.75, 3.05) is 13.1 Å². The average Bonchev–Trinajstić information content (AvgIpc) is 2.31. The molecule has 2 aliphatic rings. The summed E-state index contributed by atoms with van der Waals surface area (Å²) in [5.74, 6) is 1.12. The third-order valence-electron chi connectivity index (χ3n) is 2.46. The van der Waals surface area contributed by atoms with E-state index >= 15 is 0 Å². The van der Waals surface area contributed by atoms with Gasteiger partial charge >= 0.3 is 0 Å². The van der Waals surface area contributed by atoms with Gasteiger partial charge in [0.05, 0.1) is 0 Å². The fourth-order valence-corrected chi connectivity index (χ4v) is 1.77. The molecule has 3 nitrogen and oxygen atoms in total. The van der Waals surface area contributed by atoms with Crippen molar-refractivity contribution in [1.29, 1.82) is 0 Å². The molecule has 0 aromatic heterocycles. The maximum absolute atomic E-state index is 4.42. The van der Waals surface area contributed by atoms with Crippen LogP contribution in [0.15, 0.2) is 4.99 Å². The van der Waals surface area contributed by atoms with E-state index in [1.807, 2.05) is 0 Å². The van der Waals surface area contributed by atoms with Gasteiger partial charge < -0.3 is 10.2 Å². The number of aliphatic imine (C=N–C) groups is 1. The molecular weight excluding hydrogens is 138 g/mol. The van der Waals surface area contributed by atoms with Crippen molar-refractivity contribution in [2.45, 2.75) is 32.4 Å². The largest absolute Gasteiger partial charge is 0.352 e. The van der Waals surface area contributed by atoms with Gasteiger partial charge in [0.1, 0.15) is 0 Å². The second-order valence-electron chi connectivity index (χ2n) is 3.54. The monoisotopic (exact) mass is 153 g/mol. The zero-order chi connectivity index (χ0) is 7.84. The van der Waals surface area contributed by atoms with Crippen LogP contribution < -0.4 is 5.32 Å². The van der Waals surface area contributed by atoms with E-state index in [1.54, 1.807) is 0 Å². The second kappa shape index (κ2) is 2.40. The number of nitrogens with zero attached hydrogens (tertiary/aromatic N) is 2. The van der Waals surface area contributed by atoms with Crippen molar-refractivity contribution in [3.8, 4) is 0 Å². The van der Waals surface area contributed by atoms with Gasteiger partial charge in [-0.3, -0.25) is 4.99 Å². The van der Waals surface area contributed by atoms with E-state index in [0.717, 1.165) is 19.0 Å². The third-order valence-corrected chi connectivity index (χ3v) is 2.46. The number of hydrogen-bond donors (Lipinski definition) is 1. The predicted molar refractivity (Wildman–Crippen MR) is 45.7 cm³/mol. The summed E-state index contributed by atoms with van der Waals surface area (Å²) in [5.41, 5.74) is 0. The molecule has 1 fully saturated rings. The van der Waals surface area contributed by atoms with Crippen LogP contribution in [0.2, 0.25) is 0 Å². The molecule has 2 rings (SSSR count). The van der Waals surface area contributed by atoms with E-state index in [9.17, 15) is 0 Å². The first kappa shape index (κ1) is 6.95. The number of guanidine groups is 1. The van der Waals surface area contributed by atoms with E-state index in [4.69, 9.17) is 0 Å². The Morgan fingerprint density at radius 1 is 1.55 bits per heavy atom. The molecule has 0 bridgehead atoms. The zero-order valence-electron chi connectivity index (χ0n) is 7.17. The minimum atomic E-state index is 0.578. The van der Waals surface area contributed by atoms with Gasteiger partial charge in [0.2, 0.25) is 0 Å². The van der Waals surface area contributed by atoms with Crippen molar-refractivity contribution in [2.24, 2.45) is 4.99 Å². The molecule has 62 valence electrons. The van der Waals surface area contributed by atoms with Crippen LogP contribution in [0.25, 0.3) is 0 Å². The van der Waals surface area contributed by atoms with Crippen LogP contribution in [-0.4, -0.2) is 36.0 Å². The molecule has 1 saturated heterocycles. The lowest BCUT2D eigenvalue weighted by atomic mass is 10.2. The molecule has 2 atom stereocenters. The highest BCUT2D eigenvalue weighted by atomic mass is 15.4. The first-order valence-electron chi connectivity index (χ1n) is 4.35. The standard InChI is InChI=1S/C8H15N3/c1-6-5-11-7(2)3-4-9-8(11)10-6/h6-7H,3-5H2,1-2H3,(H,9,10). The summed E-state index contributed by atoms with van der Waals surface area (Å²) in [4.78, 5) is 6.79. The highest BCUT2D eigenvalue weighted by Crippen LogP contribution is 2.15. The molecule has 0 aliphatic carbocycles. The van der Waals surface area contributed by atoms with Gasteiger partial charge in [0, 0.05) is 25.2 Å². The van der Waals surface area contributed by atoms with Crippen molar-refractivity contribution in [3.05, 3.63) is 0 Å². The summed E-state index contributed by atoms with van der Waals surface area (Å²) in [6, 6.07) is 1.26. The third kappa shape index (κ3) is 1.08. The van der Waals surface area contributed by atoms with E-state index in [2.05, 4.69) is 29.1 Å². The highest BCUT2D eigenvalue weighted by molar-refractivity contribution is 5.83. The quantitative estimate of drug-likeness (QED) is 0.546. The van der Waals surface area contributed by atoms with Gasteiger partial charge in [0.15, 0.2) is 5.96 Å². The van der Waals surface area contributed by atoms with Gasteiger partial charge in [-0.1, -0.05) is 0 Å². The van der Waals surface area contributed by atoms with Crippen LogP contribution >= 0.6 is 0 Å². The topological polar surface area (TPSA) is 27.6 Å². The van der Waals surface area contributed by atoms with Crippen molar-refractivity contribution < 1.29 is 0 Å². The summed E-state index contributed by atoms with van der Waals surface area (Å²) >= 11 is 0. The van der Waals surface area contributed by atoms with Gasteiger partial charge in [0.25, 0.3) is 0 Å². The molecule has 2 aliphatic heterocycles. The molecule has 2 unspecified atom stereocenters. The van der Waals surface area contributed by atoms with E-state index in [-0.39, 0.29) is 0 Å². The maximum atomic E-state index is 4.42. The molecule has 0 spiro atoms. The van der Waals surface area contributed by atoms with Gasteiger partial charge in [-0.05, 0) is 20.3 Å². The maximum Gasteiger partial charge on any atom is 0.194 e. The minimum absolute atomic E-state index is 0.578. The number of nitrogens with one attached hydrogen (secondary N) is 1. The molecule has 2 heterocycles. The second-order valence-corrected chi connectivity index (χ2v) is 3.54. The van der Waals surface area contributed by atoms with Crippen molar-refractivity contribution in [1.82, 2.24) is 10.2 Å². The predicted octanol–water partition coefficient (Wildman–Crippen LogP) is 0.428. The van der Waals surface area contributed by atoms with Crippen LogP contribution in [0.5, 0.6) is 0 Å². The first-order valence-corrected chi connectivity index (χ1v) is 4.35. The Balaban J connectivity index is 2.17. The van der Waals surface area contributed by atoms with E-state index in [1.165, 1.54) is 6.42 Å². The summed E-state index contributed by atoms with van der Waals surface area (Å²) in [7, 11) is 0. The summed E-state index contributed by atoms with van der Waals surface area (Å²) < 4.78 is 0. The lowest BCUT2D eigenvalue weighted by Gasteiger charge is -2.28. The normalized spacial score (nSPS) is 36.2. The van der Waals surface area contributed by atoms with Gasteiger partial charge in [-0.15, -0.1) is 0 Å². The molecule has 0 radical (unpaired) electrons. The van der Waals surface area contributed by atoms with Gasteiger partial charge in [-0.2, -0.15) is 0 Å². The summed E-state index contributed by atoms with van der Waals surface area (Å²) in [6.07, 6.45) is 1.21. The molecule has 1 N–H and O–H groups in total. The van der Waals surface area contributed by atoms with Crippen LogP contribution in [0.1, 0.15) is 20.3 Å². The minimum Gasteiger partial charge on any atom is -0.352 e. The smallest absolute Gasteiger partial charge is 0.194 e. The summed E-state index contributed by atoms with van der Waals surface area (Å²) in [5, 5.41) is 3.36. The Hall–Kier alpha value is -0.730. The van der Waals surface area contributed by atoms with Crippen LogP contribution in [0, 0.1) is 0 Å². The first-order chi connectivity index (χ1) is 5.27. The van der Waals surface area contributed by atoms with Gasteiger partial charge in [-0.25, -0.2) is 0 Å². The Kier molecular flexibility index (Phi) is 1.51. The molecule has 0 aromatic rings. The molecule has 11 heavy (non-hydrogen) atoms. The molecular formula is C8H15N3. The Morgan fingerprint density at radius 2 is 2.36 bits per heavy atom. The Bertz CT molecular complexity index is 188. The van der Waals surface area contributed by atoms with Crippen LogP contribution in [-0.2, 0) is 0 Å². The number of rotatable bonds is 0. The van der Waals surface area contributed by atoms with E-state index in [0.29, 0.717) is 12.1 Å². The number of hydrogen-bond acceptors (Lipinski definition) is 3. The summed E-state index contributed by atoms with van der Waals surface area (Å²) in [6.45, 7) is 6.59. The lowest BCUT2D eigenvalue weighted by molar-refractivity contribution is 0.319. The molecule has 0 aromatic carbocycles. The Morgan fingerprint density at radius 3 is 3.09 bits per heavy atom. The van der Waals surface area contributed by atoms with Crippen LogP contribution in [0.4, 0.5) is 0 Å². The average molecular weight is 153 g/mol. The van der Waals surface area contributed by atoms with E-state index < -0.39 is 0 Å². The lowest BCUT2D eigenvalue weighted by Crippen LogP contribution is -2.40. The fourth-order valence-electron chi connectivity index (χ4n) is 1.77. The highest BCUT2D eigenvalue weighted by Gasteiger charge is 2.29.